The Labute approximate surface area is 61.7 Å². The smallest absolute Gasteiger partial charge is 0.186 e. The van der Waals surface area contributed by atoms with Crippen LogP contribution in [-0.2, 0) is 0 Å². The van der Waals surface area contributed by atoms with E-state index in [2.05, 4.69) is 17.2 Å². The third-order valence-electron chi connectivity index (χ3n) is 1.24. The van der Waals surface area contributed by atoms with Gasteiger partial charge in [-0.25, -0.2) is 4.99 Å². The minimum absolute atomic E-state index is 0.169. The number of nitrogens with two attached hydrogens (primary N) is 2. The molecule has 1 unspecified atom stereocenters. The van der Waals surface area contributed by atoms with Crippen LogP contribution < -0.4 is 16.8 Å². The molecule has 1 atom stereocenters. The summed E-state index contributed by atoms with van der Waals surface area (Å²) in [5.74, 6) is 0.169. The van der Waals surface area contributed by atoms with E-state index in [9.17, 15) is 0 Å². The summed E-state index contributed by atoms with van der Waals surface area (Å²) in [6.45, 7) is 2.88. The Morgan fingerprint density at radius 1 is 1.60 bits per heavy atom. The van der Waals surface area contributed by atoms with E-state index < -0.39 is 0 Å². The second-order valence-corrected chi connectivity index (χ2v) is 2.17. The molecule has 0 bridgehead atoms. The largest absolute Gasteiger partial charge is 0.370 e. The number of nitrogens with one attached hydrogen (secondary N) is 1. The molecule has 10 heavy (non-hydrogen) atoms. The monoisotopic (exact) mass is 144 g/mol. The van der Waals surface area contributed by atoms with Gasteiger partial charge < -0.3 is 16.8 Å². The summed E-state index contributed by atoms with van der Waals surface area (Å²) in [6, 6.07) is 0.218. The average Bonchev–Trinajstić information content (AvgIpc) is 1.86. The van der Waals surface area contributed by atoms with Crippen LogP contribution in [0.15, 0.2) is 4.99 Å². The van der Waals surface area contributed by atoms with Crippen molar-refractivity contribution in [2.24, 2.45) is 16.5 Å². The van der Waals surface area contributed by atoms with Gasteiger partial charge in [0.25, 0.3) is 0 Å². The second-order valence-electron chi connectivity index (χ2n) is 2.17. The van der Waals surface area contributed by atoms with E-state index in [1.807, 2.05) is 7.05 Å². The lowest BCUT2D eigenvalue weighted by molar-refractivity contribution is 0.603. The first-order chi connectivity index (χ1) is 4.70. The molecule has 0 aromatic carbocycles. The molecule has 0 aliphatic heterocycles. The molecule has 0 aromatic heterocycles. The van der Waals surface area contributed by atoms with E-state index >= 15 is 0 Å². The van der Waals surface area contributed by atoms with Crippen molar-refractivity contribution in [1.29, 1.82) is 0 Å². The molecule has 0 spiro atoms. The minimum atomic E-state index is 0.169. The highest BCUT2D eigenvalue weighted by Gasteiger charge is 2.00. The fourth-order valence-corrected chi connectivity index (χ4v) is 0.728. The van der Waals surface area contributed by atoms with E-state index in [0.717, 1.165) is 13.0 Å². The number of likely N-dealkylation sites (N-methyl/N-ethyl adjacent to an activating group) is 1. The van der Waals surface area contributed by atoms with Crippen LogP contribution in [0.5, 0.6) is 0 Å². The van der Waals surface area contributed by atoms with Crippen molar-refractivity contribution < 1.29 is 0 Å². The molecule has 0 amide bonds. The summed E-state index contributed by atoms with van der Waals surface area (Å²) in [4.78, 5) is 3.99. The van der Waals surface area contributed by atoms with Crippen LogP contribution >= 0.6 is 0 Å². The second kappa shape index (κ2) is 5.05. The lowest BCUT2D eigenvalue weighted by Gasteiger charge is -2.07. The first kappa shape index (κ1) is 9.23. The number of hydrogen-bond acceptors (Lipinski definition) is 2. The maximum atomic E-state index is 5.20. The molecule has 0 saturated heterocycles. The number of aliphatic imine (C=N–C) groups is 1. The molecule has 4 nitrogen and oxygen atoms in total. The van der Waals surface area contributed by atoms with Crippen LogP contribution in [0.1, 0.15) is 13.3 Å². The Kier molecular flexibility index (Phi) is 4.66. The van der Waals surface area contributed by atoms with Crippen molar-refractivity contribution in [2.75, 3.05) is 13.6 Å². The fourth-order valence-electron chi connectivity index (χ4n) is 0.728. The number of rotatable bonds is 4. The fraction of sp³-hybridized carbons (Fsp3) is 0.833. The topological polar surface area (TPSA) is 76.4 Å². The Bertz CT molecular complexity index is 106. The SMILES string of the molecule is CCC(CNC)N=C(N)N. The van der Waals surface area contributed by atoms with Crippen LogP contribution in [0.25, 0.3) is 0 Å². The molecule has 0 saturated carbocycles. The van der Waals surface area contributed by atoms with E-state index in [0.29, 0.717) is 0 Å². The molecule has 0 rings (SSSR count). The van der Waals surface area contributed by atoms with Gasteiger partial charge in [0.15, 0.2) is 5.96 Å². The number of guanidine groups is 1. The molecular weight excluding hydrogens is 128 g/mol. The molecule has 4 heteroatoms. The summed E-state index contributed by atoms with van der Waals surface area (Å²) in [5, 5.41) is 3.01. The van der Waals surface area contributed by atoms with Crippen molar-refractivity contribution in [3.8, 4) is 0 Å². The zero-order valence-corrected chi connectivity index (χ0v) is 6.59. The van der Waals surface area contributed by atoms with Crippen LogP contribution in [0.4, 0.5) is 0 Å². The van der Waals surface area contributed by atoms with E-state index in [1.54, 1.807) is 0 Å². The van der Waals surface area contributed by atoms with E-state index in [4.69, 9.17) is 11.5 Å². The van der Waals surface area contributed by atoms with Gasteiger partial charge in [-0.15, -0.1) is 0 Å². The van der Waals surface area contributed by atoms with Gasteiger partial charge in [0.2, 0.25) is 0 Å². The Morgan fingerprint density at radius 2 is 2.20 bits per heavy atom. The molecular formula is C6H16N4. The van der Waals surface area contributed by atoms with Gasteiger partial charge in [0, 0.05) is 6.54 Å². The van der Waals surface area contributed by atoms with E-state index in [-0.39, 0.29) is 12.0 Å². The van der Waals surface area contributed by atoms with Gasteiger partial charge in [0.1, 0.15) is 0 Å². The Morgan fingerprint density at radius 3 is 2.50 bits per heavy atom. The number of hydrogen-bond donors (Lipinski definition) is 3. The lowest BCUT2D eigenvalue weighted by Crippen LogP contribution is -2.29. The van der Waals surface area contributed by atoms with Crippen molar-refractivity contribution in [3.63, 3.8) is 0 Å². The molecule has 0 aliphatic carbocycles. The van der Waals surface area contributed by atoms with Crippen LogP contribution in [0.2, 0.25) is 0 Å². The molecule has 0 aliphatic rings. The van der Waals surface area contributed by atoms with E-state index in [1.165, 1.54) is 0 Å². The van der Waals surface area contributed by atoms with Crippen LogP contribution in [0, 0.1) is 0 Å². The zero-order chi connectivity index (χ0) is 7.98. The Balaban J connectivity index is 3.71. The first-order valence-electron chi connectivity index (χ1n) is 3.44. The average molecular weight is 144 g/mol. The summed E-state index contributed by atoms with van der Waals surface area (Å²) in [6.07, 6.45) is 0.957. The lowest BCUT2D eigenvalue weighted by atomic mass is 10.2. The van der Waals surface area contributed by atoms with Gasteiger partial charge >= 0.3 is 0 Å². The molecule has 0 fully saturated rings. The molecule has 0 heterocycles. The van der Waals surface area contributed by atoms with Crippen LogP contribution in [-0.4, -0.2) is 25.6 Å². The highest BCUT2D eigenvalue weighted by atomic mass is 15.0. The van der Waals surface area contributed by atoms with Crippen molar-refractivity contribution in [2.45, 2.75) is 19.4 Å². The number of nitrogens with zero attached hydrogens (tertiary/aromatic N) is 1. The maximum absolute atomic E-state index is 5.20. The van der Waals surface area contributed by atoms with Crippen molar-refractivity contribution in [3.05, 3.63) is 0 Å². The standard InChI is InChI=1S/C6H16N4/c1-3-5(4-9-2)10-6(7)8/h5,9H,3-4H2,1-2H3,(H4,7,8,10). The van der Waals surface area contributed by atoms with Gasteiger partial charge in [-0.05, 0) is 13.5 Å². The van der Waals surface area contributed by atoms with Crippen molar-refractivity contribution >= 4 is 5.96 Å². The highest BCUT2D eigenvalue weighted by Crippen LogP contribution is 1.93. The predicted octanol–water partition coefficient (Wildman–Crippen LogP) is -0.742. The van der Waals surface area contributed by atoms with Crippen molar-refractivity contribution in [1.82, 2.24) is 5.32 Å². The first-order valence-corrected chi connectivity index (χ1v) is 3.44. The summed E-state index contributed by atoms with van der Waals surface area (Å²) in [7, 11) is 1.88. The Hall–Kier alpha value is -0.770. The minimum Gasteiger partial charge on any atom is -0.370 e. The third kappa shape index (κ3) is 4.14. The summed E-state index contributed by atoms with van der Waals surface area (Å²) < 4.78 is 0. The summed E-state index contributed by atoms with van der Waals surface area (Å²) in [5.41, 5.74) is 10.4. The predicted molar refractivity (Wildman–Crippen MR) is 43.8 cm³/mol. The normalized spacial score (nSPS) is 12.6. The maximum Gasteiger partial charge on any atom is 0.186 e. The molecule has 60 valence electrons. The van der Waals surface area contributed by atoms with Gasteiger partial charge in [-0.1, -0.05) is 6.92 Å². The molecule has 0 aromatic rings. The van der Waals surface area contributed by atoms with Gasteiger partial charge in [-0.2, -0.15) is 0 Å². The van der Waals surface area contributed by atoms with Gasteiger partial charge in [-0.3, -0.25) is 0 Å². The third-order valence-corrected chi connectivity index (χ3v) is 1.24. The highest BCUT2D eigenvalue weighted by molar-refractivity contribution is 5.75. The van der Waals surface area contributed by atoms with Gasteiger partial charge in [0.05, 0.1) is 6.04 Å². The summed E-state index contributed by atoms with van der Waals surface area (Å²) >= 11 is 0. The zero-order valence-electron chi connectivity index (χ0n) is 6.59. The molecule has 0 radical (unpaired) electrons. The molecule has 5 N–H and O–H groups in total. The van der Waals surface area contributed by atoms with Crippen LogP contribution in [0.3, 0.4) is 0 Å². The quantitative estimate of drug-likeness (QED) is 0.359.